The Morgan fingerprint density at radius 1 is 1.00 bits per heavy atom. The van der Waals surface area contributed by atoms with Gasteiger partial charge < -0.3 is 9.32 Å². The molecule has 1 aromatic heterocycles. The number of carbonyl (C=O) groups is 1. The summed E-state index contributed by atoms with van der Waals surface area (Å²) in [6.07, 6.45) is 2.00. The van der Waals surface area contributed by atoms with Gasteiger partial charge in [-0.15, -0.1) is 10.2 Å². The minimum Gasteiger partial charge on any atom is -0.419 e. The molecule has 0 N–H and O–H groups in total. The second-order valence-corrected chi connectivity index (χ2v) is 7.67. The highest BCUT2D eigenvalue weighted by Crippen LogP contribution is 2.31. The van der Waals surface area contributed by atoms with Gasteiger partial charge in [-0.25, -0.2) is 0 Å². The lowest BCUT2D eigenvalue weighted by molar-refractivity contribution is 0.0714. The zero-order chi connectivity index (χ0) is 19.8. The van der Waals surface area contributed by atoms with E-state index >= 15 is 0 Å². The van der Waals surface area contributed by atoms with E-state index in [0.717, 1.165) is 29.2 Å². The second kappa shape index (κ2) is 7.33. The minimum atomic E-state index is -0.00973. The quantitative estimate of drug-likeness (QED) is 0.450. The molecule has 0 radical (unpaired) electrons. The van der Waals surface area contributed by atoms with E-state index < -0.39 is 0 Å². The van der Waals surface area contributed by atoms with Gasteiger partial charge in [-0.05, 0) is 60.0 Å². The molecule has 4 aromatic rings. The van der Waals surface area contributed by atoms with Gasteiger partial charge in [0.25, 0.3) is 5.91 Å². The van der Waals surface area contributed by atoms with Gasteiger partial charge in [-0.3, -0.25) is 4.79 Å². The van der Waals surface area contributed by atoms with Crippen LogP contribution in [0.5, 0.6) is 0 Å². The highest BCUT2D eigenvalue weighted by Gasteiger charge is 2.34. The van der Waals surface area contributed by atoms with Crippen LogP contribution in [-0.2, 0) is 6.54 Å². The van der Waals surface area contributed by atoms with Gasteiger partial charge in [-0.2, -0.15) is 0 Å². The first-order valence-corrected chi connectivity index (χ1v) is 9.93. The number of halogens is 1. The fraction of sp³-hybridized carbons (Fsp3) is 0.174. The standard InChI is InChI=1S/C23H18ClN3O2/c24-19-9-7-16(8-10-19)22-26-25-21(29-22)14-27(20-11-12-20)23(28)18-6-5-15-3-1-2-4-17(15)13-18/h1-10,13,20H,11-12,14H2. The topological polar surface area (TPSA) is 59.2 Å². The highest BCUT2D eigenvalue weighted by molar-refractivity contribution is 6.30. The molecule has 5 nitrogen and oxygen atoms in total. The monoisotopic (exact) mass is 403 g/mol. The van der Waals surface area contributed by atoms with Crippen molar-refractivity contribution in [3.05, 3.63) is 83.2 Å². The summed E-state index contributed by atoms with van der Waals surface area (Å²) in [7, 11) is 0. The summed E-state index contributed by atoms with van der Waals surface area (Å²) in [5.74, 6) is 0.839. The Morgan fingerprint density at radius 3 is 2.52 bits per heavy atom. The number of benzene rings is 3. The Kier molecular flexibility index (Phi) is 4.52. The van der Waals surface area contributed by atoms with E-state index in [4.69, 9.17) is 16.0 Å². The molecule has 0 bridgehead atoms. The van der Waals surface area contributed by atoms with Crippen molar-refractivity contribution in [1.29, 1.82) is 0 Å². The van der Waals surface area contributed by atoms with Gasteiger partial charge in [0.15, 0.2) is 0 Å². The smallest absolute Gasteiger partial charge is 0.254 e. The lowest BCUT2D eigenvalue weighted by Crippen LogP contribution is -2.32. The molecule has 3 aromatic carbocycles. The van der Waals surface area contributed by atoms with Crippen LogP contribution < -0.4 is 0 Å². The Balaban J connectivity index is 1.39. The Labute approximate surface area is 172 Å². The van der Waals surface area contributed by atoms with E-state index in [1.165, 1.54) is 0 Å². The average Bonchev–Trinajstić information content (AvgIpc) is 3.49. The number of rotatable bonds is 5. The third-order valence-electron chi connectivity index (χ3n) is 5.11. The Hall–Kier alpha value is -3.18. The molecule has 6 heteroatoms. The van der Waals surface area contributed by atoms with E-state index in [0.29, 0.717) is 28.9 Å². The fourth-order valence-corrected chi connectivity index (χ4v) is 3.54. The first kappa shape index (κ1) is 17.9. The van der Waals surface area contributed by atoms with E-state index in [1.807, 2.05) is 59.5 Å². The summed E-state index contributed by atoms with van der Waals surface area (Å²) in [6.45, 7) is 0.302. The molecule has 1 amide bonds. The number of nitrogens with zero attached hydrogens (tertiary/aromatic N) is 3. The predicted octanol–water partition coefficient (Wildman–Crippen LogP) is 5.35. The predicted molar refractivity (Wildman–Crippen MR) is 112 cm³/mol. The van der Waals surface area contributed by atoms with E-state index in [1.54, 1.807) is 12.1 Å². The van der Waals surface area contributed by atoms with Crippen molar-refractivity contribution in [3.63, 3.8) is 0 Å². The molecule has 0 saturated heterocycles. The summed E-state index contributed by atoms with van der Waals surface area (Å²) in [5.41, 5.74) is 1.47. The second-order valence-electron chi connectivity index (χ2n) is 7.23. The van der Waals surface area contributed by atoms with Crippen LogP contribution in [0.15, 0.2) is 71.1 Å². The molecule has 1 aliphatic rings. The minimum absolute atomic E-state index is 0.00973. The maximum atomic E-state index is 13.2. The zero-order valence-corrected chi connectivity index (χ0v) is 16.3. The molecular weight excluding hydrogens is 386 g/mol. The van der Waals surface area contributed by atoms with Crippen molar-refractivity contribution in [2.75, 3.05) is 0 Å². The average molecular weight is 404 g/mol. The third kappa shape index (κ3) is 3.74. The fourth-order valence-electron chi connectivity index (χ4n) is 3.41. The van der Waals surface area contributed by atoms with Gasteiger partial charge >= 0.3 is 0 Å². The van der Waals surface area contributed by atoms with Crippen LogP contribution >= 0.6 is 11.6 Å². The number of aromatic nitrogens is 2. The van der Waals surface area contributed by atoms with Gasteiger partial charge in [0.2, 0.25) is 11.8 Å². The summed E-state index contributed by atoms with van der Waals surface area (Å²) >= 11 is 5.93. The van der Waals surface area contributed by atoms with Crippen molar-refractivity contribution in [2.45, 2.75) is 25.4 Å². The van der Waals surface area contributed by atoms with Crippen molar-refractivity contribution < 1.29 is 9.21 Å². The van der Waals surface area contributed by atoms with Gasteiger partial charge in [-0.1, -0.05) is 41.9 Å². The number of fused-ring (bicyclic) bond motifs is 1. The Morgan fingerprint density at radius 2 is 1.76 bits per heavy atom. The van der Waals surface area contributed by atoms with Crippen LogP contribution in [-0.4, -0.2) is 27.0 Å². The van der Waals surface area contributed by atoms with Crippen LogP contribution in [0.25, 0.3) is 22.2 Å². The normalized spacial score (nSPS) is 13.6. The van der Waals surface area contributed by atoms with E-state index in [2.05, 4.69) is 10.2 Å². The Bertz CT molecular complexity index is 1180. The molecule has 5 rings (SSSR count). The SMILES string of the molecule is O=C(c1ccc2ccccc2c1)N(Cc1nnc(-c2ccc(Cl)cc2)o1)C1CC1. The van der Waals surface area contributed by atoms with Crippen molar-refractivity contribution in [2.24, 2.45) is 0 Å². The van der Waals surface area contributed by atoms with Crippen LogP contribution in [0, 0.1) is 0 Å². The maximum Gasteiger partial charge on any atom is 0.254 e. The third-order valence-corrected chi connectivity index (χ3v) is 5.36. The molecule has 1 aliphatic carbocycles. The number of carbonyl (C=O) groups excluding carboxylic acids is 1. The first-order chi connectivity index (χ1) is 14.2. The van der Waals surface area contributed by atoms with Crippen molar-refractivity contribution in [1.82, 2.24) is 15.1 Å². The van der Waals surface area contributed by atoms with Gasteiger partial charge in [0, 0.05) is 22.2 Å². The number of hydrogen-bond donors (Lipinski definition) is 0. The summed E-state index contributed by atoms with van der Waals surface area (Å²) < 4.78 is 5.82. The highest BCUT2D eigenvalue weighted by atomic mass is 35.5. The first-order valence-electron chi connectivity index (χ1n) is 9.55. The van der Waals surface area contributed by atoms with Crippen molar-refractivity contribution >= 4 is 28.3 Å². The molecule has 29 heavy (non-hydrogen) atoms. The number of amides is 1. The van der Waals surface area contributed by atoms with Crippen LogP contribution in [0.4, 0.5) is 0 Å². The molecule has 0 unspecified atom stereocenters. The van der Waals surface area contributed by atoms with E-state index in [-0.39, 0.29) is 11.9 Å². The molecule has 144 valence electrons. The zero-order valence-electron chi connectivity index (χ0n) is 15.6. The number of hydrogen-bond acceptors (Lipinski definition) is 4. The van der Waals surface area contributed by atoms with Crippen molar-refractivity contribution in [3.8, 4) is 11.5 Å². The molecule has 0 spiro atoms. The summed E-state index contributed by atoms with van der Waals surface area (Å²) in [6, 6.07) is 21.3. The van der Waals surface area contributed by atoms with Gasteiger partial charge in [0.1, 0.15) is 0 Å². The molecular formula is C23H18ClN3O2. The molecule has 0 aliphatic heterocycles. The van der Waals surface area contributed by atoms with Crippen LogP contribution in [0.3, 0.4) is 0 Å². The maximum absolute atomic E-state index is 13.2. The van der Waals surface area contributed by atoms with Crippen LogP contribution in [0.1, 0.15) is 29.1 Å². The molecule has 1 saturated carbocycles. The molecule has 0 atom stereocenters. The lowest BCUT2D eigenvalue weighted by atomic mass is 10.1. The summed E-state index contributed by atoms with van der Waals surface area (Å²) in [5, 5.41) is 11.1. The molecule has 1 fully saturated rings. The van der Waals surface area contributed by atoms with Crippen LogP contribution in [0.2, 0.25) is 5.02 Å². The van der Waals surface area contributed by atoms with Gasteiger partial charge in [0.05, 0.1) is 6.54 Å². The lowest BCUT2D eigenvalue weighted by Gasteiger charge is -2.20. The summed E-state index contributed by atoms with van der Waals surface area (Å²) in [4.78, 5) is 15.0. The van der Waals surface area contributed by atoms with E-state index in [9.17, 15) is 4.79 Å². The molecule has 1 heterocycles. The largest absolute Gasteiger partial charge is 0.419 e.